The normalized spacial score (nSPS) is 14.2. The SMILES string of the molecule is COc1cnc2c(-c3nc4cc(F)c5c(c4s3)C[C@@H](CN(C(=O)O)c3ccc([N+](=O)[O-])cc3)O5)cc(C)cc2n1. The molecule has 11 nitrogen and oxygen atoms in total. The maximum Gasteiger partial charge on any atom is 0.411 e. The average Bonchev–Trinajstić information content (AvgIpc) is 3.55. The van der Waals surface area contributed by atoms with Crippen LogP contribution in [-0.4, -0.2) is 50.8 Å². The lowest BCUT2D eigenvalue weighted by atomic mass is 10.1. The van der Waals surface area contributed by atoms with Gasteiger partial charge in [-0.3, -0.25) is 15.0 Å². The van der Waals surface area contributed by atoms with Gasteiger partial charge in [0.2, 0.25) is 5.88 Å². The number of non-ortho nitro benzene ring substituents is 1. The number of anilines is 1. The number of ether oxygens (including phenoxy) is 2. The number of rotatable bonds is 6. The molecule has 0 radical (unpaired) electrons. The lowest BCUT2D eigenvalue weighted by Gasteiger charge is -2.22. The van der Waals surface area contributed by atoms with Crippen molar-refractivity contribution in [2.24, 2.45) is 0 Å². The zero-order valence-corrected chi connectivity index (χ0v) is 21.9. The second-order valence-corrected chi connectivity index (χ2v) is 10.2. The van der Waals surface area contributed by atoms with Gasteiger partial charge in [0.15, 0.2) is 11.6 Å². The molecule has 0 unspecified atom stereocenters. The Morgan fingerprint density at radius 1 is 1.25 bits per heavy atom. The van der Waals surface area contributed by atoms with Crippen molar-refractivity contribution in [1.29, 1.82) is 0 Å². The number of nitro groups is 1. The monoisotopic (exact) mass is 561 g/mol. The van der Waals surface area contributed by atoms with Gasteiger partial charge in [-0.1, -0.05) is 0 Å². The highest BCUT2D eigenvalue weighted by molar-refractivity contribution is 7.22. The van der Waals surface area contributed by atoms with E-state index in [1.807, 2.05) is 19.1 Å². The van der Waals surface area contributed by atoms with Gasteiger partial charge in [-0.2, -0.15) is 0 Å². The molecule has 0 saturated carbocycles. The molecule has 0 bridgehead atoms. The minimum absolute atomic E-state index is 0.0698. The summed E-state index contributed by atoms with van der Waals surface area (Å²) in [7, 11) is 1.52. The number of aromatic nitrogens is 3. The minimum atomic E-state index is -1.26. The molecule has 0 spiro atoms. The summed E-state index contributed by atoms with van der Waals surface area (Å²) < 4.78 is 27.0. The summed E-state index contributed by atoms with van der Waals surface area (Å²) in [6.07, 6.45) is -0.148. The van der Waals surface area contributed by atoms with Crippen molar-refractivity contribution in [1.82, 2.24) is 15.0 Å². The second-order valence-electron chi connectivity index (χ2n) is 9.24. The highest BCUT2D eigenvalue weighted by atomic mass is 32.1. The van der Waals surface area contributed by atoms with Crippen LogP contribution >= 0.6 is 11.3 Å². The van der Waals surface area contributed by atoms with Crippen molar-refractivity contribution in [3.63, 3.8) is 0 Å². The Kier molecular flexibility index (Phi) is 6.14. The van der Waals surface area contributed by atoms with E-state index in [1.165, 1.54) is 55.0 Å². The molecule has 1 N–H and O–H groups in total. The first kappa shape index (κ1) is 25.4. The Bertz CT molecular complexity index is 1830. The van der Waals surface area contributed by atoms with Crippen LogP contribution in [0.2, 0.25) is 0 Å². The van der Waals surface area contributed by atoms with Crippen molar-refractivity contribution < 1.29 is 28.7 Å². The largest absolute Gasteiger partial charge is 0.485 e. The molecule has 2 aromatic heterocycles. The molecule has 1 aliphatic heterocycles. The van der Waals surface area contributed by atoms with Crippen LogP contribution < -0.4 is 14.4 Å². The number of hydrogen-bond acceptors (Lipinski definition) is 9. The predicted molar refractivity (Wildman–Crippen MR) is 146 cm³/mol. The van der Waals surface area contributed by atoms with Crippen LogP contribution in [0.15, 0.2) is 48.7 Å². The van der Waals surface area contributed by atoms with E-state index in [9.17, 15) is 20.0 Å². The fraction of sp³-hybridized carbons (Fsp3) is 0.185. The van der Waals surface area contributed by atoms with E-state index < -0.39 is 22.9 Å². The zero-order chi connectivity index (χ0) is 28.1. The first-order valence-corrected chi connectivity index (χ1v) is 12.9. The van der Waals surface area contributed by atoms with Gasteiger partial charge < -0.3 is 14.6 Å². The van der Waals surface area contributed by atoms with E-state index in [0.717, 1.165) is 20.7 Å². The standard InChI is InChI=1S/C27H20FN5O6S/c1-13-7-17(23-20(8-13)30-22(38-2)11-29-23)26-31-21-10-19(28)24-18(25(21)40-26)9-16(39-24)12-32(27(34)35)14-3-5-15(6-4-14)33(36)37/h3-8,10-11,16H,9,12H2,1-2H3,(H,34,35)/t16-/m0/s1. The smallest absolute Gasteiger partial charge is 0.411 e. The molecule has 6 rings (SSSR count). The summed E-state index contributed by atoms with van der Waals surface area (Å²) in [5.74, 6) is -0.126. The topological polar surface area (TPSA) is 141 Å². The van der Waals surface area contributed by atoms with Crippen LogP contribution in [0.25, 0.3) is 31.8 Å². The van der Waals surface area contributed by atoms with Gasteiger partial charge >= 0.3 is 6.09 Å². The molecule has 5 aromatic rings. The molecule has 0 fully saturated rings. The van der Waals surface area contributed by atoms with E-state index in [1.54, 1.807) is 0 Å². The Morgan fingerprint density at radius 2 is 2.02 bits per heavy atom. The number of benzene rings is 3. The van der Waals surface area contributed by atoms with E-state index in [0.29, 0.717) is 33.0 Å². The van der Waals surface area contributed by atoms with Gasteiger partial charge in [-0.15, -0.1) is 11.3 Å². The third-order valence-corrected chi connectivity index (χ3v) is 7.76. The molecule has 1 amide bonds. The number of methoxy groups -OCH3 is 1. The number of amides is 1. The van der Waals surface area contributed by atoms with Gasteiger partial charge in [0.25, 0.3) is 5.69 Å². The van der Waals surface area contributed by atoms with Crippen molar-refractivity contribution >= 4 is 50.1 Å². The Labute approximate surface area is 229 Å². The quantitative estimate of drug-likeness (QED) is 0.202. The maximum atomic E-state index is 15.2. The minimum Gasteiger partial charge on any atom is -0.485 e. The summed E-state index contributed by atoms with van der Waals surface area (Å²) in [6.45, 7) is 1.83. The summed E-state index contributed by atoms with van der Waals surface area (Å²) in [5.41, 5.74) is 4.15. The van der Waals surface area contributed by atoms with Crippen LogP contribution in [0.1, 0.15) is 11.1 Å². The number of halogens is 1. The maximum absolute atomic E-state index is 15.2. The van der Waals surface area contributed by atoms with Crippen molar-refractivity contribution in [2.45, 2.75) is 19.4 Å². The van der Waals surface area contributed by atoms with Gasteiger partial charge in [0, 0.05) is 41.4 Å². The van der Waals surface area contributed by atoms with Crippen LogP contribution in [0.5, 0.6) is 11.6 Å². The number of nitrogens with zero attached hydrogens (tertiary/aromatic N) is 5. The molecule has 202 valence electrons. The van der Waals surface area contributed by atoms with E-state index >= 15 is 4.39 Å². The van der Waals surface area contributed by atoms with Crippen molar-refractivity contribution in [3.8, 4) is 22.2 Å². The first-order valence-electron chi connectivity index (χ1n) is 12.1. The fourth-order valence-electron chi connectivity index (χ4n) is 4.81. The molecule has 3 aromatic carbocycles. The van der Waals surface area contributed by atoms with E-state index in [4.69, 9.17) is 14.5 Å². The molecule has 13 heteroatoms. The fourth-order valence-corrected chi connectivity index (χ4v) is 5.92. The number of carboxylic acid groups (broad SMARTS) is 1. The average molecular weight is 562 g/mol. The highest BCUT2D eigenvalue weighted by Crippen LogP contribution is 2.43. The summed E-state index contributed by atoms with van der Waals surface area (Å²) in [4.78, 5) is 37.2. The van der Waals surface area contributed by atoms with Crippen LogP contribution in [-0.2, 0) is 6.42 Å². The lowest BCUT2D eigenvalue weighted by molar-refractivity contribution is -0.384. The Morgan fingerprint density at radius 3 is 2.73 bits per heavy atom. The number of aryl methyl sites for hydroxylation is 1. The Hall–Kier alpha value is -4.91. The van der Waals surface area contributed by atoms with Crippen LogP contribution in [0.3, 0.4) is 0 Å². The molecule has 1 aliphatic rings. The zero-order valence-electron chi connectivity index (χ0n) is 21.1. The molecule has 1 atom stereocenters. The number of fused-ring (bicyclic) bond motifs is 4. The van der Waals surface area contributed by atoms with Crippen molar-refractivity contribution in [2.75, 3.05) is 18.6 Å². The summed E-state index contributed by atoms with van der Waals surface area (Å²) >= 11 is 1.38. The van der Waals surface area contributed by atoms with Gasteiger partial charge in [-0.05, 0) is 36.8 Å². The van der Waals surface area contributed by atoms with Gasteiger partial charge in [0.1, 0.15) is 11.1 Å². The second kappa shape index (κ2) is 9.68. The predicted octanol–water partition coefficient (Wildman–Crippen LogP) is 5.76. The third-order valence-electron chi connectivity index (χ3n) is 6.60. The lowest BCUT2D eigenvalue weighted by Crippen LogP contribution is -2.38. The molecule has 0 aliphatic carbocycles. The summed E-state index contributed by atoms with van der Waals surface area (Å²) in [6, 6.07) is 10.3. The van der Waals surface area contributed by atoms with Crippen molar-refractivity contribution in [3.05, 3.63) is 75.7 Å². The Balaban J connectivity index is 1.34. The molecular weight excluding hydrogens is 541 g/mol. The van der Waals surface area contributed by atoms with Crippen LogP contribution in [0, 0.1) is 22.9 Å². The molecule has 40 heavy (non-hydrogen) atoms. The van der Waals surface area contributed by atoms with Gasteiger partial charge in [-0.25, -0.2) is 24.1 Å². The number of thiazole rings is 1. The van der Waals surface area contributed by atoms with E-state index in [2.05, 4.69) is 9.97 Å². The van der Waals surface area contributed by atoms with Gasteiger partial charge in [0.05, 0.1) is 46.0 Å². The molecule has 3 heterocycles. The number of nitro benzene ring substituents is 1. The van der Waals surface area contributed by atoms with Crippen LogP contribution in [0.4, 0.5) is 20.6 Å². The first-order chi connectivity index (χ1) is 19.2. The summed E-state index contributed by atoms with van der Waals surface area (Å²) in [5, 5.41) is 21.4. The van der Waals surface area contributed by atoms with E-state index in [-0.39, 0.29) is 30.1 Å². The third kappa shape index (κ3) is 4.39. The molecular formula is C27H20FN5O6S. The number of hydrogen-bond donors (Lipinski definition) is 1. The number of carbonyl (C=O) groups is 1. The molecule has 0 saturated heterocycles. The highest BCUT2D eigenvalue weighted by Gasteiger charge is 2.33.